The Labute approximate surface area is 125 Å². The van der Waals surface area contributed by atoms with Crippen molar-refractivity contribution < 1.29 is 9.47 Å². The summed E-state index contributed by atoms with van der Waals surface area (Å²) < 4.78 is 10.3. The van der Waals surface area contributed by atoms with Crippen LogP contribution in [0.5, 0.6) is 5.75 Å². The summed E-state index contributed by atoms with van der Waals surface area (Å²) >= 11 is 0. The largest absolute Gasteiger partial charge is 0.468 e. The van der Waals surface area contributed by atoms with Crippen molar-refractivity contribution in [2.45, 2.75) is 18.8 Å². The number of hydrogen-bond acceptors (Lipinski definition) is 4. The van der Waals surface area contributed by atoms with Gasteiger partial charge in [0.2, 0.25) is 0 Å². The number of nitrogens with two attached hydrogens (primary N) is 1. The first-order valence-corrected chi connectivity index (χ1v) is 7.14. The molecule has 2 rings (SSSR count). The van der Waals surface area contributed by atoms with E-state index in [2.05, 4.69) is 23.2 Å². The van der Waals surface area contributed by atoms with E-state index in [9.17, 15) is 0 Å². The predicted octanol–water partition coefficient (Wildman–Crippen LogP) is 2.74. The van der Waals surface area contributed by atoms with E-state index in [1.807, 2.05) is 24.4 Å². The molecule has 1 aromatic heterocycles. The van der Waals surface area contributed by atoms with E-state index >= 15 is 0 Å². The van der Waals surface area contributed by atoms with Gasteiger partial charge < -0.3 is 15.2 Å². The Morgan fingerprint density at radius 1 is 1.19 bits per heavy atom. The summed E-state index contributed by atoms with van der Waals surface area (Å²) in [6.07, 6.45) is 5.63. The summed E-state index contributed by atoms with van der Waals surface area (Å²) in [6, 6.07) is 12.2. The monoisotopic (exact) mass is 286 g/mol. The fourth-order valence-electron chi connectivity index (χ4n) is 2.34. The number of nitrogens with zero attached hydrogens (tertiary/aromatic N) is 1. The summed E-state index contributed by atoms with van der Waals surface area (Å²) in [5.74, 6) is 1.21. The van der Waals surface area contributed by atoms with E-state index in [4.69, 9.17) is 15.2 Å². The molecule has 2 aromatic rings. The molecular formula is C17H22N2O2. The van der Waals surface area contributed by atoms with Gasteiger partial charge in [-0.3, -0.25) is 4.98 Å². The number of methoxy groups -OCH3 is 1. The standard InChI is InChI=1S/C17H22N2O2/c1-20-13-21-17-6-4-14(5-7-17)11-15(8-9-18)16-3-2-10-19-12-16/h2-7,10,12,15H,8-9,11,13,18H2,1H3. The highest BCUT2D eigenvalue weighted by molar-refractivity contribution is 5.29. The van der Waals surface area contributed by atoms with E-state index in [0.717, 1.165) is 18.6 Å². The van der Waals surface area contributed by atoms with Crippen molar-refractivity contribution in [3.05, 3.63) is 59.9 Å². The second-order valence-corrected chi connectivity index (χ2v) is 4.96. The molecular weight excluding hydrogens is 264 g/mol. The summed E-state index contributed by atoms with van der Waals surface area (Å²) in [5, 5.41) is 0. The van der Waals surface area contributed by atoms with Crippen LogP contribution < -0.4 is 10.5 Å². The third kappa shape index (κ3) is 4.85. The fourth-order valence-corrected chi connectivity index (χ4v) is 2.34. The lowest BCUT2D eigenvalue weighted by atomic mass is 9.90. The van der Waals surface area contributed by atoms with E-state index < -0.39 is 0 Å². The molecule has 2 N–H and O–H groups in total. The van der Waals surface area contributed by atoms with Gasteiger partial charge in [0.1, 0.15) is 5.75 Å². The van der Waals surface area contributed by atoms with Crippen LogP contribution in [-0.4, -0.2) is 25.4 Å². The van der Waals surface area contributed by atoms with Crippen molar-refractivity contribution >= 4 is 0 Å². The highest BCUT2D eigenvalue weighted by atomic mass is 16.7. The van der Waals surface area contributed by atoms with Crippen LogP contribution in [0.2, 0.25) is 0 Å². The van der Waals surface area contributed by atoms with Crippen molar-refractivity contribution in [2.24, 2.45) is 5.73 Å². The molecule has 0 fully saturated rings. The number of hydrogen-bond donors (Lipinski definition) is 1. The topological polar surface area (TPSA) is 57.4 Å². The maximum absolute atomic E-state index is 5.75. The number of aromatic nitrogens is 1. The van der Waals surface area contributed by atoms with Gasteiger partial charge in [0.05, 0.1) is 0 Å². The van der Waals surface area contributed by atoms with Crippen molar-refractivity contribution in [3.63, 3.8) is 0 Å². The van der Waals surface area contributed by atoms with Gasteiger partial charge in [-0.25, -0.2) is 0 Å². The fraction of sp³-hybridized carbons (Fsp3) is 0.353. The molecule has 0 bridgehead atoms. The molecule has 1 atom stereocenters. The van der Waals surface area contributed by atoms with Gasteiger partial charge in [-0.2, -0.15) is 0 Å². The lowest BCUT2D eigenvalue weighted by molar-refractivity contribution is 0.0511. The minimum Gasteiger partial charge on any atom is -0.468 e. The Hall–Kier alpha value is -1.91. The van der Waals surface area contributed by atoms with Gasteiger partial charge in [-0.05, 0) is 54.6 Å². The Morgan fingerprint density at radius 3 is 2.62 bits per heavy atom. The first-order chi connectivity index (χ1) is 10.3. The molecule has 1 unspecified atom stereocenters. The van der Waals surface area contributed by atoms with Crippen molar-refractivity contribution in [2.75, 3.05) is 20.4 Å². The number of benzene rings is 1. The lowest BCUT2D eigenvalue weighted by Crippen LogP contribution is -2.10. The molecule has 0 aliphatic carbocycles. The normalized spacial score (nSPS) is 12.1. The predicted molar refractivity (Wildman–Crippen MR) is 83.3 cm³/mol. The average Bonchev–Trinajstić information content (AvgIpc) is 2.54. The van der Waals surface area contributed by atoms with Gasteiger partial charge in [0.15, 0.2) is 6.79 Å². The maximum Gasteiger partial charge on any atom is 0.188 e. The SMILES string of the molecule is COCOc1ccc(CC(CCN)c2cccnc2)cc1. The molecule has 0 radical (unpaired) electrons. The maximum atomic E-state index is 5.75. The van der Waals surface area contributed by atoms with Crippen LogP contribution >= 0.6 is 0 Å². The molecule has 0 aliphatic heterocycles. The number of pyridine rings is 1. The first kappa shape index (κ1) is 15.5. The highest BCUT2D eigenvalue weighted by Crippen LogP contribution is 2.24. The van der Waals surface area contributed by atoms with Gasteiger partial charge in [-0.1, -0.05) is 18.2 Å². The molecule has 0 aliphatic rings. The molecule has 0 saturated carbocycles. The van der Waals surface area contributed by atoms with E-state index in [1.54, 1.807) is 13.3 Å². The third-order valence-electron chi connectivity index (χ3n) is 3.42. The Balaban J connectivity index is 2.03. The molecule has 4 heteroatoms. The molecule has 0 saturated heterocycles. The van der Waals surface area contributed by atoms with E-state index in [0.29, 0.717) is 12.5 Å². The van der Waals surface area contributed by atoms with Gasteiger partial charge >= 0.3 is 0 Å². The number of rotatable bonds is 8. The lowest BCUT2D eigenvalue weighted by Gasteiger charge is -2.16. The third-order valence-corrected chi connectivity index (χ3v) is 3.42. The molecule has 1 aromatic carbocycles. The van der Waals surface area contributed by atoms with Crippen LogP contribution in [0.1, 0.15) is 23.5 Å². The molecule has 0 amide bonds. The Morgan fingerprint density at radius 2 is 2.00 bits per heavy atom. The van der Waals surface area contributed by atoms with E-state index in [1.165, 1.54) is 11.1 Å². The second kappa shape index (κ2) is 8.39. The van der Waals surface area contributed by atoms with Crippen LogP contribution in [-0.2, 0) is 11.2 Å². The van der Waals surface area contributed by atoms with Crippen molar-refractivity contribution in [1.29, 1.82) is 0 Å². The van der Waals surface area contributed by atoms with Crippen LogP contribution in [0.25, 0.3) is 0 Å². The van der Waals surface area contributed by atoms with Crippen LogP contribution in [0.4, 0.5) is 0 Å². The van der Waals surface area contributed by atoms with Crippen LogP contribution in [0.15, 0.2) is 48.8 Å². The summed E-state index contributed by atoms with van der Waals surface area (Å²) in [7, 11) is 1.61. The highest BCUT2D eigenvalue weighted by Gasteiger charge is 2.12. The summed E-state index contributed by atoms with van der Waals surface area (Å²) in [6.45, 7) is 0.944. The molecule has 1 heterocycles. The zero-order valence-corrected chi connectivity index (χ0v) is 12.4. The zero-order chi connectivity index (χ0) is 14.9. The molecule has 4 nitrogen and oxygen atoms in total. The van der Waals surface area contributed by atoms with Crippen LogP contribution in [0.3, 0.4) is 0 Å². The second-order valence-electron chi connectivity index (χ2n) is 4.96. The number of ether oxygens (including phenoxy) is 2. The smallest absolute Gasteiger partial charge is 0.188 e. The van der Waals surface area contributed by atoms with E-state index in [-0.39, 0.29) is 6.79 Å². The van der Waals surface area contributed by atoms with Gasteiger partial charge in [0, 0.05) is 19.5 Å². The molecule has 21 heavy (non-hydrogen) atoms. The minimum atomic E-state index is 0.269. The summed E-state index contributed by atoms with van der Waals surface area (Å²) in [5.41, 5.74) is 8.25. The molecule has 0 spiro atoms. The Bertz CT molecular complexity index is 514. The van der Waals surface area contributed by atoms with Gasteiger partial charge in [-0.15, -0.1) is 0 Å². The van der Waals surface area contributed by atoms with Crippen LogP contribution in [0, 0.1) is 0 Å². The zero-order valence-electron chi connectivity index (χ0n) is 12.4. The van der Waals surface area contributed by atoms with Crippen molar-refractivity contribution in [3.8, 4) is 5.75 Å². The average molecular weight is 286 g/mol. The van der Waals surface area contributed by atoms with Gasteiger partial charge in [0.25, 0.3) is 0 Å². The quantitative estimate of drug-likeness (QED) is 0.758. The minimum absolute atomic E-state index is 0.269. The van der Waals surface area contributed by atoms with Crippen molar-refractivity contribution in [1.82, 2.24) is 4.98 Å². The summed E-state index contributed by atoms with van der Waals surface area (Å²) in [4.78, 5) is 4.20. The molecule has 112 valence electrons. The Kier molecular flexibility index (Phi) is 6.19. The first-order valence-electron chi connectivity index (χ1n) is 7.14.